The first-order valence-electron chi connectivity index (χ1n) is 9.18. The van der Waals surface area contributed by atoms with Gasteiger partial charge in [-0.25, -0.2) is 13.1 Å². The van der Waals surface area contributed by atoms with Crippen LogP contribution in [0.15, 0.2) is 47.4 Å². The zero-order chi connectivity index (χ0) is 21.7. The van der Waals surface area contributed by atoms with Crippen molar-refractivity contribution in [2.24, 2.45) is 0 Å². The van der Waals surface area contributed by atoms with E-state index >= 15 is 0 Å². The fourth-order valence-corrected chi connectivity index (χ4v) is 3.65. The molecule has 2 aromatic carbocycles. The third-order valence-corrected chi connectivity index (χ3v) is 5.79. The molecule has 158 valence electrons. The summed E-state index contributed by atoms with van der Waals surface area (Å²) in [6, 6.07) is 11.8. The minimum absolute atomic E-state index is 0.0150. The fraction of sp³-hybridized carbons (Fsp3) is 0.381. The molecule has 0 aliphatic heterocycles. The third-order valence-electron chi connectivity index (χ3n) is 4.31. The Labute approximate surface area is 172 Å². The second-order valence-corrected chi connectivity index (χ2v) is 9.34. The van der Waals surface area contributed by atoms with Gasteiger partial charge in [-0.05, 0) is 23.1 Å². The van der Waals surface area contributed by atoms with Gasteiger partial charge >= 0.3 is 0 Å². The van der Waals surface area contributed by atoms with Crippen molar-refractivity contribution in [1.29, 1.82) is 0 Å². The van der Waals surface area contributed by atoms with Gasteiger partial charge in [-0.2, -0.15) is 0 Å². The van der Waals surface area contributed by atoms with E-state index in [4.69, 9.17) is 9.47 Å². The highest BCUT2D eigenvalue weighted by Gasteiger charge is 2.17. The number of amides is 1. The van der Waals surface area contributed by atoms with Gasteiger partial charge in [-0.1, -0.05) is 32.9 Å². The van der Waals surface area contributed by atoms with Crippen molar-refractivity contribution < 1.29 is 22.7 Å². The molecule has 7 nitrogen and oxygen atoms in total. The minimum Gasteiger partial charge on any atom is -0.497 e. The lowest BCUT2D eigenvalue weighted by molar-refractivity contribution is -0.116. The molecule has 1 amide bonds. The number of methoxy groups -OCH3 is 2. The van der Waals surface area contributed by atoms with Crippen molar-refractivity contribution in [2.75, 3.05) is 26.1 Å². The Kier molecular flexibility index (Phi) is 7.26. The molecule has 0 aliphatic rings. The highest BCUT2D eigenvalue weighted by atomic mass is 32.2. The van der Waals surface area contributed by atoms with E-state index < -0.39 is 10.0 Å². The van der Waals surface area contributed by atoms with Crippen molar-refractivity contribution in [1.82, 2.24) is 4.72 Å². The monoisotopic (exact) mass is 420 g/mol. The molecule has 2 N–H and O–H groups in total. The molecular weight excluding hydrogens is 392 g/mol. The van der Waals surface area contributed by atoms with Crippen LogP contribution in [-0.2, 0) is 20.2 Å². The van der Waals surface area contributed by atoms with Crippen LogP contribution in [0.3, 0.4) is 0 Å². The number of rotatable bonds is 8. The van der Waals surface area contributed by atoms with E-state index in [1.54, 1.807) is 42.5 Å². The van der Waals surface area contributed by atoms with Crippen molar-refractivity contribution in [3.8, 4) is 11.5 Å². The maximum atomic E-state index is 12.4. The Hall–Kier alpha value is -2.58. The van der Waals surface area contributed by atoms with Crippen LogP contribution in [-0.4, -0.2) is 35.1 Å². The summed E-state index contributed by atoms with van der Waals surface area (Å²) in [5.74, 6) is 0.754. The van der Waals surface area contributed by atoms with Crippen molar-refractivity contribution in [2.45, 2.75) is 37.5 Å². The number of ether oxygens (including phenoxy) is 2. The van der Waals surface area contributed by atoms with E-state index in [-0.39, 0.29) is 29.2 Å². The molecule has 0 saturated heterocycles. The van der Waals surface area contributed by atoms with Gasteiger partial charge in [-0.3, -0.25) is 4.79 Å². The molecular formula is C21H28N2O5S. The summed E-state index contributed by atoms with van der Waals surface area (Å²) in [5.41, 5.74) is 1.49. The van der Waals surface area contributed by atoms with E-state index in [0.717, 1.165) is 5.56 Å². The smallest absolute Gasteiger partial charge is 0.240 e. The summed E-state index contributed by atoms with van der Waals surface area (Å²) in [4.78, 5) is 12.3. The molecule has 0 aromatic heterocycles. The Morgan fingerprint density at radius 3 is 2.00 bits per heavy atom. The highest BCUT2D eigenvalue weighted by molar-refractivity contribution is 7.89. The zero-order valence-corrected chi connectivity index (χ0v) is 18.2. The summed E-state index contributed by atoms with van der Waals surface area (Å²) in [6.45, 7) is 6.16. The molecule has 2 aromatic rings. The Morgan fingerprint density at radius 2 is 1.52 bits per heavy atom. The molecule has 8 heteroatoms. The standard InChI is InChI=1S/C21H28N2O5S/c1-21(2,3)15-6-8-19(9-7-15)29(25,26)22-11-10-20(24)23-16-12-17(27-4)14-18(13-16)28-5/h6-9,12-14,22H,10-11H2,1-5H3,(H,23,24). The zero-order valence-electron chi connectivity index (χ0n) is 17.4. The number of sulfonamides is 1. The van der Waals surface area contributed by atoms with Crippen molar-refractivity contribution >= 4 is 21.6 Å². The number of benzene rings is 2. The molecule has 0 spiro atoms. The molecule has 0 heterocycles. The van der Waals surface area contributed by atoms with Crippen molar-refractivity contribution in [3.05, 3.63) is 48.0 Å². The minimum atomic E-state index is -3.68. The molecule has 0 aliphatic carbocycles. The van der Waals surface area contributed by atoms with Crippen LogP contribution in [0.1, 0.15) is 32.8 Å². The molecule has 0 atom stereocenters. The van der Waals surface area contributed by atoms with Gasteiger partial charge in [0.05, 0.1) is 19.1 Å². The van der Waals surface area contributed by atoms with Gasteiger partial charge in [0.15, 0.2) is 0 Å². The maximum Gasteiger partial charge on any atom is 0.240 e. The van der Waals surface area contributed by atoms with Crippen LogP contribution >= 0.6 is 0 Å². The molecule has 0 bridgehead atoms. The number of hydrogen-bond acceptors (Lipinski definition) is 5. The lowest BCUT2D eigenvalue weighted by Gasteiger charge is -2.19. The Balaban J connectivity index is 1.94. The summed E-state index contributed by atoms with van der Waals surface area (Å²) in [6.07, 6.45) is -0.0150. The summed E-state index contributed by atoms with van der Waals surface area (Å²) >= 11 is 0. The highest BCUT2D eigenvalue weighted by Crippen LogP contribution is 2.26. The van der Waals surface area contributed by atoms with Gasteiger partial charge in [0, 0.05) is 36.9 Å². The fourth-order valence-electron chi connectivity index (χ4n) is 2.62. The third kappa shape index (κ3) is 6.47. The number of hydrogen-bond donors (Lipinski definition) is 2. The van der Waals surface area contributed by atoms with Crippen LogP contribution in [0, 0.1) is 0 Å². The second-order valence-electron chi connectivity index (χ2n) is 7.57. The number of nitrogens with one attached hydrogen (secondary N) is 2. The van der Waals surface area contributed by atoms with Crippen LogP contribution in [0.2, 0.25) is 0 Å². The normalized spacial score (nSPS) is 11.8. The molecule has 0 unspecified atom stereocenters. The molecule has 0 saturated carbocycles. The summed E-state index contributed by atoms with van der Waals surface area (Å²) in [5, 5.41) is 2.71. The Bertz CT molecular complexity index is 926. The van der Waals surface area contributed by atoms with E-state index in [9.17, 15) is 13.2 Å². The molecule has 0 fully saturated rings. The van der Waals surface area contributed by atoms with Gasteiger partial charge in [-0.15, -0.1) is 0 Å². The van der Waals surface area contributed by atoms with E-state index in [0.29, 0.717) is 17.2 Å². The quantitative estimate of drug-likeness (QED) is 0.683. The molecule has 29 heavy (non-hydrogen) atoms. The average molecular weight is 421 g/mol. The van der Waals surface area contributed by atoms with Crippen LogP contribution < -0.4 is 19.5 Å². The van der Waals surface area contributed by atoms with E-state index in [1.807, 2.05) is 0 Å². The van der Waals surface area contributed by atoms with E-state index in [1.165, 1.54) is 14.2 Å². The van der Waals surface area contributed by atoms with Crippen LogP contribution in [0.5, 0.6) is 11.5 Å². The summed E-state index contributed by atoms with van der Waals surface area (Å²) < 4.78 is 37.6. The van der Waals surface area contributed by atoms with Crippen LogP contribution in [0.25, 0.3) is 0 Å². The summed E-state index contributed by atoms with van der Waals surface area (Å²) in [7, 11) is -0.648. The van der Waals surface area contributed by atoms with E-state index in [2.05, 4.69) is 30.8 Å². The first-order valence-corrected chi connectivity index (χ1v) is 10.7. The topological polar surface area (TPSA) is 93.7 Å². The number of carbonyl (C=O) groups is 1. The first kappa shape index (κ1) is 22.7. The first-order chi connectivity index (χ1) is 13.5. The van der Waals surface area contributed by atoms with Crippen LogP contribution in [0.4, 0.5) is 5.69 Å². The van der Waals surface area contributed by atoms with Gasteiger partial charge in [0.25, 0.3) is 0 Å². The second kappa shape index (κ2) is 9.28. The predicted molar refractivity (Wildman–Crippen MR) is 113 cm³/mol. The van der Waals surface area contributed by atoms with Crippen molar-refractivity contribution in [3.63, 3.8) is 0 Å². The maximum absolute atomic E-state index is 12.4. The SMILES string of the molecule is COc1cc(NC(=O)CCNS(=O)(=O)c2ccc(C(C)(C)C)cc2)cc(OC)c1. The average Bonchev–Trinajstić information content (AvgIpc) is 2.66. The Morgan fingerprint density at radius 1 is 0.966 bits per heavy atom. The van der Waals surface area contributed by atoms with Gasteiger partial charge in [0.2, 0.25) is 15.9 Å². The predicted octanol–water partition coefficient (Wildman–Crippen LogP) is 3.31. The number of anilines is 1. The lowest BCUT2D eigenvalue weighted by atomic mass is 9.87. The van der Waals surface area contributed by atoms with Gasteiger partial charge in [0.1, 0.15) is 11.5 Å². The molecule has 0 radical (unpaired) electrons. The lowest BCUT2D eigenvalue weighted by Crippen LogP contribution is -2.28. The molecule has 2 rings (SSSR count). The largest absolute Gasteiger partial charge is 0.497 e. The number of carbonyl (C=O) groups excluding carboxylic acids is 1. The van der Waals surface area contributed by atoms with Gasteiger partial charge < -0.3 is 14.8 Å².